The minimum atomic E-state index is -3.61. The van der Waals surface area contributed by atoms with Gasteiger partial charge in [-0.15, -0.1) is 0 Å². The third-order valence-electron chi connectivity index (χ3n) is 4.17. The first-order chi connectivity index (χ1) is 13.6. The summed E-state index contributed by atoms with van der Waals surface area (Å²) in [5, 5.41) is 2.71. The summed E-state index contributed by atoms with van der Waals surface area (Å²) >= 11 is 5.85. The maximum atomic E-state index is 12.2. The van der Waals surface area contributed by atoms with Gasteiger partial charge in [0.05, 0.1) is 21.5 Å². The highest BCUT2D eigenvalue weighted by atomic mass is 35.5. The van der Waals surface area contributed by atoms with Gasteiger partial charge in [-0.1, -0.05) is 17.7 Å². The molecule has 0 aromatic heterocycles. The molecular formula is C19H18ClNO7S. The first kappa shape index (κ1) is 20.9. The molecule has 0 fully saturated rings. The minimum absolute atomic E-state index is 0.000608. The monoisotopic (exact) mass is 439 g/mol. The number of carbonyl (C=O) groups excluding carboxylic acids is 2. The van der Waals surface area contributed by atoms with Crippen LogP contribution < -0.4 is 14.8 Å². The Hall–Kier alpha value is -2.78. The van der Waals surface area contributed by atoms with Gasteiger partial charge < -0.3 is 19.5 Å². The SMILES string of the molecule is CC(NC(=O)COC(=O)c1ccc(Cl)c(S(C)(=O)=O)c1)c1ccc2c(c1)OCO2. The van der Waals surface area contributed by atoms with E-state index in [0.717, 1.165) is 17.9 Å². The topological polar surface area (TPSA) is 108 Å². The Morgan fingerprint density at radius 1 is 1.17 bits per heavy atom. The zero-order chi connectivity index (χ0) is 21.2. The van der Waals surface area contributed by atoms with Gasteiger partial charge in [0.2, 0.25) is 6.79 Å². The maximum absolute atomic E-state index is 12.2. The van der Waals surface area contributed by atoms with Gasteiger partial charge in [0.1, 0.15) is 0 Å². The van der Waals surface area contributed by atoms with Crippen molar-refractivity contribution in [3.63, 3.8) is 0 Å². The summed E-state index contributed by atoms with van der Waals surface area (Å²) in [5.41, 5.74) is 0.774. The van der Waals surface area contributed by atoms with Gasteiger partial charge in [0, 0.05) is 6.26 Å². The molecule has 2 aromatic rings. The van der Waals surface area contributed by atoms with E-state index in [2.05, 4.69) is 5.32 Å². The molecule has 0 saturated carbocycles. The largest absolute Gasteiger partial charge is 0.454 e. The summed E-state index contributed by atoms with van der Waals surface area (Å²) in [5.74, 6) is -0.115. The van der Waals surface area contributed by atoms with Crippen LogP contribution in [0.5, 0.6) is 11.5 Å². The highest BCUT2D eigenvalue weighted by Gasteiger charge is 2.19. The van der Waals surface area contributed by atoms with Crippen molar-refractivity contribution < 1.29 is 32.2 Å². The molecule has 1 N–H and O–H groups in total. The molecule has 0 saturated heterocycles. The molecule has 0 bridgehead atoms. The fourth-order valence-corrected chi connectivity index (χ4v) is 3.98. The van der Waals surface area contributed by atoms with Crippen molar-refractivity contribution in [3.05, 3.63) is 52.5 Å². The Morgan fingerprint density at radius 3 is 2.62 bits per heavy atom. The lowest BCUT2D eigenvalue weighted by Crippen LogP contribution is -2.31. The second-order valence-electron chi connectivity index (χ2n) is 6.40. The van der Waals surface area contributed by atoms with Crippen molar-refractivity contribution in [2.75, 3.05) is 19.7 Å². The van der Waals surface area contributed by atoms with Gasteiger partial charge in [-0.05, 0) is 42.8 Å². The second-order valence-corrected chi connectivity index (χ2v) is 8.79. The molecule has 1 aliphatic rings. The van der Waals surface area contributed by atoms with Crippen molar-refractivity contribution in [3.8, 4) is 11.5 Å². The van der Waals surface area contributed by atoms with Crippen molar-refractivity contribution >= 4 is 33.3 Å². The molecule has 1 heterocycles. The van der Waals surface area contributed by atoms with Crippen LogP contribution in [0.25, 0.3) is 0 Å². The first-order valence-corrected chi connectivity index (χ1v) is 10.8. The average Bonchev–Trinajstić information content (AvgIpc) is 3.13. The Bertz CT molecular complexity index is 1070. The fourth-order valence-electron chi connectivity index (χ4n) is 2.68. The number of esters is 1. The number of nitrogens with one attached hydrogen (secondary N) is 1. The standard InChI is InChI=1S/C19H18ClNO7S/c1-11(12-4-6-15-16(7-12)28-10-27-15)21-18(22)9-26-19(23)13-3-5-14(20)17(8-13)29(2,24)25/h3-8,11H,9-10H2,1-2H3,(H,21,22). The number of hydrogen-bond donors (Lipinski definition) is 1. The average molecular weight is 440 g/mol. The summed E-state index contributed by atoms with van der Waals surface area (Å²) in [4.78, 5) is 24.1. The van der Waals surface area contributed by atoms with Gasteiger partial charge >= 0.3 is 5.97 Å². The zero-order valence-electron chi connectivity index (χ0n) is 15.6. The lowest BCUT2D eigenvalue weighted by Gasteiger charge is -2.15. The number of rotatable bonds is 6. The van der Waals surface area contributed by atoms with Gasteiger partial charge in [0.15, 0.2) is 27.9 Å². The van der Waals surface area contributed by atoms with E-state index in [1.165, 1.54) is 12.1 Å². The number of benzene rings is 2. The van der Waals surface area contributed by atoms with Crippen LogP contribution in [-0.2, 0) is 19.4 Å². The van der Waals surface area contributed by atoms with Crippen molar-refractivity contribution in [1.29, 1.82) is 0 Å². The zero-order valence-corrected chi connectivity index (χ0v) is 17.2. The molecule has 29 heavy (non-hydrogen) atoms. The number of hydrogen-bond acceptors (Lipinski definition) is 7. The molecule has 0 radical (unpaired) electrons. The molecule has 2 aromatic carbocycles. The fraction of sp³-hybridized carbons (Fsp3) is 0.263. The maximum Gasteiger partial charge on any atom is 0.338 e. The van der Waals surface area contributed by atoms with Crippen LogP contribution in [0.1, 0.15) is 28.9 Å². The molecule has 0 aliphatic carbocycles. The lowest BCUT2D eigenvalue weighted by molar-refractivity contribution is -0.124. The number of amides is 1. The molecule has 0 spiro atoms. The van der Waals surface area contributed by atoms with E-state index in [4.69, 9.17) is 25.8 Å². The molecule has 154 valence electrons. The Labute approximate surface area is 172 Å². The van der Waals surface area contributed by atoms with E-state index >= 15 is 0 Å². The van der Waals surface area contributed by atoms with Crippen LogP contribution in [0.15, 0.2) is 41.3 Å². The Kier molecular flexibility index (Phi) is 5.99. The van der Waals surface area contributed by atoms with E-state index in [1.807, 2.05) is 0 Å². The number of ether oxygens (including phenoxy) is 3. The predicted octanol–water partition coefficient (Wildman–Crippen LogP) is 2.51. The molecular weight excluding hydrogens is 422 g/mol. The van der Waals surface area contributed by atoms with Crippen molar-refractivity contribution in [2.24, 2.45) is 0 Å². The molecule has 1 atom stereocenters. The quantitative estimate of drug-likeness (QED) is 0.689. The number of sulfone groups is 1. The highest BCUT2D eigenvalue weighted by molar-refractivity contribution is 7.90. The van der Waals surface area contributed by atoms with Gasteiger partial charge in [-0.3, -0.25) is 4.79 Å². The van der Waals surface area contributed by atoms with E-state index in [9.17, 15) is 18.0 Å². The Balaban J connectivity index is 1.58. The summed E-state index contributed by atoms with van der Waals surface area (Å²) in [6.07, 6.45) is 0.980. The van der Waals surface area contributed by atoms with Gasteiger partial charge in [-0.25, -0.2) is 13.2 Å². The van der Waals surface area contributed by atoms with Gasteiger partial charge in [-0.2, -0.15) is 0 Å². The van der Waals surface area contributed by atoms with Crippen LogP contribution >= 0.6 is 11.6 Å². The normalized spacial score (nSPS) is 13.6. The van der Waals surface area contributed by atoms with E-state index in [-0.39, 0.29) is 28.3 Å². The summed E-state index contributed by atoms with van der Waals surface area (Å²) < 4.78 is 38.9. The van der Waals surface area contributed by atoms with E-state index in [1.54, 1.807) is 25.1 Å². The van der Waals surface area contributed by atoms with Crippen LogP contribution in [-0.4, -0.2) is 39.9 Å². The predicted molar refractivity (Wildman–Crippen MR) is 104 cm³/mol. The summed E-state index contributed by atoms with van der Waals surface area (Å²) in [6, 6.07) is 8.68. The molecule has 8 nitrogen and oxygen atoms in total. The lowest BCUT2D eigenvalue weighted by atomic mass is 10.1. The van der Waals surface area contributed by atoms with Gasteiger partial charge in [0.25, 0.3) is 5.91 Å². The van der Waals surface area contributed by atoms with Crippen LogP contribution in [0.2, 0.25) is 5.02 Å². The summed E-state index contributed by atoms with van der Waals surface area (Å²) in [6.45, 7) is 1.40. The van der Waals surface area contributed by atoms with Crippen LogP contribution in [0.4, 0.5) is 0 Å². The van der Waals surface area contributed by atoms with E-state index < -0.39 is 28.3 Å². The minimum Gasteiger partial charge on any atom is -0.454 e. The number of halogens is 1. The molecule has 10 heteroatoms. The molecule has 1 amide bonds. The number of carbonyl (C=O) groups is 2. The second kappa shape index (κ2) is 8.30. The van der Waals surface area contributed by atoms with E-state index in [0.29, 0.717) is 11.5 Å². The smallest absolute Gasteiger partial charge is 0.338 e. The third-order valence-corrected chi connectivity index (χ3v) is 5.75. The first-order valence-electron chi connectivity index (χ1n) is 8.51. The molecule has 3 rings (SSSR count). The van der Waals surface area contributed by atoms with Crippen molar-refractivity contribution in [2.45, 2.75) is 17.9 Å². The summed E-state index contributed by atoms with van der Waals surface area (Å²) in [7, 11) is -3.61. The van der Waals surface area contributed by atoms with Crippen LogP contribution in [0.3, 0.4) is 0 Å². The molecule has 1 unspecified atom stereocenters. The Morgan fingerprint density at radius 2 is 1.90 bits per heavy atom. The number of fused-ring (bicyclic) bond motifs is 1. The molecule has 1 aliphatic heterocycles. The highest BCUT2D eigenvalue weighted by Crippen LogP contribution is 2.34. The van der Waals surface area contributed by atoms with Crippen molar-refractivity contribution in [1.82, 2.24) is 5.32 Å². The van der Waals surface area contributed by atoms with Crippen LogP contribution in [0, 0.1) is 0 Å². The third kappa shape index (κ3) is 4.99.